The number of amides is 1. The van der Waals surface area contributed by atoms with E-state index in [9.17, 15) is 14.7 Å². The molecule has 2 heterocycles. The number of hydrogen-bond acceptors (Lipinski definition) is 4. The Morgan fingerprint density at radius 3 is 2.85 bits per heavy atom. The molecule has 0 unspecified atom stereocenters. The summed E-state index contributed by atoms with van der Waals surface area (Å²) in [6.45, 7) is 6.86. The maximum Gasteiger partial charge on any atom is 0.280 e. The van der Waals surface area contributed by atoms with Crippen molar-refractivity contribution in [3.05, 3.63) is 22.2 Å². The Balaban J connectivity index is 1.93. The maximum atomic E-state index is 12.2. The van der Waals surface area contributed by atoms with Crippen LogP contribution in [0.5, 0.6) is 0 Å². The smallest absolute Gasteiger partial charge is 0.280 e. The van der Waals surface area contributed by atoms with Crippen molar-refractivity contribution in [2.24, 2.45) is 11.8 Å². The number of aryl methyl sites for hydroxylation is 1. The lowest BCUT2D eigenvalue weighted by atomic mass is 9.82. The van der Waals surface area contributed by atoms with Gasteiger partial charge in [0.15, 0.2) is 0 Å². The summed E-state index contributed by atoms with van der Waals surface area (Å²) in [5.41, 5.74) is -1.10. The second-order valence-electron chi connectivity index (χ2n) is 6.00. The average molecular weight is 282 g/mol. The number of aromatic nitrogens is 1. The number of carbonyl (C=O) groups excluding carboxylic acids is 1. The van der Waals surface area contributed by atoms with Crippen LogP contribution in [-0.2, 0) is 11.2 Å². The monoisotopic (exact) mass is 282 g/mol. The van der Waals surface area contributed by atoms with Crippen LogP contribution in [0.3, 0.4) is 0 Å². The van der Waals surface area contributed by atoms with Gasteiger partial charge in [-0.3, -0.25) is 9.59 Å². The Morgan fingerprint density at radius 1 is 1.65 bits per heavy atom. The SMILES string of the molecule is CC(C)[C@@]1(O)CN(C(=O)CCc2cc(=O)[nH]o2)C[C@@H]1C. The molecule has 2 rings (SSSR count). The van der Waals surface area contributed by atoms with Crippen LogP contribution in [0.15, 0.2) is 15.4 Å². The lowest BCUT2D eigenvalue weighted by Gasteiger charge is -2.31. The molecule has 0 spiro atoms. The van der Waals surface area contributed by atoms with Crippen molar-refractivity contribution < 1.29 is 14.4 Å². The van der Waals surface area contributed by atoms with Crippen LogP contribution < -0.4 is 5.56 Å². The normalized spacial score (nSPS) is 26.4. The van der Waals surface area contributed by atoms with Gasteiger partial charge in [0, 0.05) is 37.9 Å². The molecule has 112 valence electrons. The van der Waals surface area contributed by atoms with Gasteiger partial charge in [-0.2, -0.15) is 5.16 Å². The molecule has 1 aliphatic rings. The molecule has 0 bridgehead atoms. The topological polar surface area (TPSA) is 86.5 Å². The maximum absolute atomic E-state index is 12.2. The second-order valence-corrected chi connectivity index (χ2v) is 6.00. The zero-order chi connectivity index (χ0) is 14.9. The number of nitrogens with one attached hydrogen (secondary N) is 1. The van der Waals surface area contributed by atoms with Crippen LogP contribution >= 0.6 is 0 Å². The molecular weight excluding hydrogens is 260 g/mol. The minimum atomic E-state index is -0.809. The first-order valence-electron chi connectivity index (χ1n) is 7.00. The van der Waals surface area contributed by atoms with E-state index in [0.29, 0.717) is 25.3 Å². The van der Waals surface area contributed by atoms with Gasteiger partial charge < -0.3 is 14.5 Å². The lowest BCUT2D eigenvalue weighted by molar-refractivity contribution is -0.131. The summed E-state index contributed by atoms with van der Waals surface area (Å²) in [7, 11) is 0. The largest absolute Gasteiger partial charge is 0.387 e. The summed E-state index contributed by atoms with van der Waals surface area (Å²) in [5, 5.41) is 12.8. The van der Waals surface area contributed by atoms with E-state index in [0.717, 1.165) is 0 Å². The molecular formula is C14H22N2O4. The number of β-amino-alcohol motifs (C(OH)–C–C–N with tert-alkyl or cyclic N) is 1. The molecule has 0 aromatic carbocycles. The van der Waals surface area contributed by atoms with Crippen molar-refractivity contribution in [2.45, 2.75) is 39.2 Å². The highest BCUT2D eigenvalue weighted by molar-refractivity contribution is 5.76. The summed E-state index contributed by atoms with van der Waals surface area (Å²) in [6.07, 6.45) is 0.671. The van der Waals surface area contributed by atoms with Crippen molar-refractivity contribution in [3.63, 3.8) is 0 Å². The third-order valence-electron chi connectivity index (χ3n) is 4.30. The van der Waals surface area contributed by atoms with Crippen LogP contribution in [0.25, 0.3) is 0 Å². The van der Waals surface area contributed by atoms with E-state index in [1.54, 1.807) is 4.90 Å². The number of nitrogens with zero attached hydrogens (tertiary/aromatic N) is 1. The molecule has 1 aliphatic heterocycles. The van der Waals surface area contributed by atoms with Crippen LogP contribution in [0.2, 0.25) is 0 Å². The Bertz CT molecular complexity index is 533. The third kappa shape index (κ3) is 2.80. The molecule has 20 heavy (non-hydrogen) atoms. The number of hydrogen-bond donors (Lipinski definition) is 2. The summed E-state index contributed by atoms with van der Waals surface area (Å²) in [5.74, 6) is 0.640. The van der Waals surface area contributed by atoms with Gasteiger partial charge in [-0.15, -0.1) is 0 Å². The molecule has 0 radical (unpaired) electrons. The highest BCUT2D eigenvalue weighted by Gasteiger charge is 2.46. The van der Waals surface area contributed by atoms with E-state index in [2.05, 4.69) is 5.16 Å². The predicted octanol–water partition coefficient (Wildman–Crippen LogP) is 0.766. The zero-order valence-electron chi connectivity index (χ0n) is 12.2. The summed E-state index contributed by atoms with van der Waals surface area (Å²) in [4.78, 5) is 24.8. The molecule has 1 fully saturated rings. The van der Waals surface area contributed by atoms with E-state index in [1.807, 2.05) is 20.8 Å². The minimum absolute atomic E-state index is 0.0164. The van der Waals surface area contributed by atoms with Crippen molar-refractivity contribution >= 4 is 5.91 Å². The average Bonchev–Trinajstić information content (AvgIpc) is 2.92. The van der Waals surface area contributed by atoms with Crippen molar-refractivity contribution in [1.82, 2.24) is 10.1 Å². The van der Waals surface area contributed by atoms with Gasteiger partial charge in [0.2, 0.25) is 5.91 Å². The molecule has 1 saturated heterocycles. The fourth-order valence-electron chi connectivity index (χ4n) is 2.79. The molecule has 0 aliphatic carbocycles. The van der Waals surface area contributed by atoms with Crippen molar-refractivity contribution in [3.8, 4) is 0 Å². The van der Waals surface area contributed by atoms with Gasteiger partial charge in [-0.25, -0.2) is 0 Å². The molecule has 2 atom stereocenters. The molecule has 6 heteroatoms. The predicted molar refractivity (Wildman–Crippen MR) is 73.2 cm³/mol. The quantitative estimate of drug-likeness (QED) is 0.854. The Labute approximate surface area is 117 Å². The van der Waals surface area contributed by atoms with E-state index in [1.165, 1.54) is 6.07 Å². The number of likely N-dealkylation sites (tertiary alicyclic amines) is 1. The first-order chi connectivity index (χ1) is 9.33. The Morgan fingerprint density at radius 2 is 2.35 bits per heavy atom. The summed E-state index contributed by atoms with van der Waals surface area (Å²) < 4.78 is 4.92. The van der Waals surface area contributed by atoms with Gasteiger partial charge in [0.1, 0.15) is 5.76 Å². The van der Waals surface area contributed by atoms with Crippen LogP contribution in [-0.4, -0.2) is 39.8 Å². The van der Waals surface area contributed by atoms with E-state index < -0.39 is 5.60 Å². The lowest BCUT2D eigenvalue weighted by Crippen LogP contribution is -2.43. The molecule has 2 N–H and O–H groups in total. The molecule has 6 nitrogen and oxygen atoms in total. The van der Waals surface area contributed by atoms with Crippen LogP contribution in [0.4, 0.5) is 0 Å². The van der Waals surface area contributed by atoms with Crippen molar-refractivity contribution in [1.29, 1.82) is 0 Å². The van der Waals surface area contributed by atoms with Gasteiger partial charge in [-0.1, -0.05) is 20.8 Å². The summed E-state index contributed by atoms with van der Waals surface area (Å²) >= 11 is 0. The highest BCUT2D eigenvalue weighted by atomic mass is 16.5. The molecule has 1 aromatic rings. The van der Waals surface area contributed by atoms with Gasteiger partial charge in [0.25, 0.3) is 5.56 Å². The zero-order valence-corrected chi connectivity index (χ0v) is 12.2. The van der Waals surface area contributed by atoms with Crippen LogP contribution in [0.1, 0.15) is 33.0 Å². The first-order valence-corrected chi connectivity index (χ1v) is 7.00. The highest BCUT2D eigenvalue weighted by Crippen LogP contribution is 2.34. The number of rotatable bonds is 4. The van der Waals surface area contributed by atoms with Crippen LogP contribution in [0, 0.1) is 11.8 Å². The molecule has 0 saturated carbocycles. The summed E-state index contributed by atoms with van der Waals surface area (Å²) in [6, 6.07) is 1.35. The molecule has 1 aromatic heterocycles. The second kappa shape index (κ2) is 5.44. The number of aromatic amines is 1. The molecule has 1 amide bonds. The van der Waals surface area contributed by atoms with Crippen molar-refractivity contribution in [2.75, 3.05) is 13.1 Å². The third-order valence-corrected chi connectivity index (χ3v) is 4.30. The Kier molecular flexibility index (Phi) is 4.04. The van der Waals surface area contributed by atoms with E-state index in [-0.39, 0.29) is 29.7 Å². The number of H-pyrrole nitrogens is 1. The number of carbonyl (C=O) groups is 1. The van der Waals surface area contributed by atoms with E-state index >= 15 is 0 Å². The van der Waals surface area contributed by atoms with Gasteiger partial charge in [-0.05, 0) is 5.92 Å². The number of aliphatic hydroxyl groups is 1. The fraction of sp³-hybridized carbons (Fsp3) is 0.714. The van der Waals surface area contributed by atoms with E-state index in [4.69, 9.17) is 4.52 Å². The first kappa shape index (κ1) is 14.8. The van der Waals surface area contributed by atoms with Gasteiger partial charge in [0.05, 0.1) is 5.60 Å². The standard InChI is InChI=1S/C14H22N2O4/c1-9(2)14(19)8-16(7-10(14)3)13(18)5-4-11-6-12(17)15-20-11/h6,9-10,19H,4-5,7-8H2,1-3H3,(H,15,17)/t10-,14-/m0/s1. The van der Waals surface area contributed by atoms with Gasteiger partial charge >= 0.3 is 0 Å². The fourth-order valence-corrected chi connectivity index (χ4v) is 2.79. The Hall–Kier alpha value is -1.56. The minimum Gasteiger partial charge on any atom is -0.387 e.